The van der Waals surface area contributed by atoms with Gasteiger partial charge >= 0.3 is 0 Å². The molecule has 1 heterocycles. The molecule has 0 atom stereocenters. The lowest BCUT2D eigenvalue weighted by Gasteiger charge is -1.90. The molecule has 0 fully saturated rings. The highest BCUT2D eigenvalue weighted by atomic mass is 32.1. The number of thiophene rings is 1. The second-order valence-corrected chi connectivity index (χ2v) is 2.94. The first-order valence-electron chi connectivity index (χ1n) is 3.06. The summed E-state index contributed by atoms with van der Waals surface area (Å²) in [4.78, 5) is 1.36. The fourth-order valence-corrected chi connectivity index (χ4v) is 1.46. The summed E-state index contributed by atoms with van der Waals surface area (Å²) in [5, 5.41) is 10.5. The smallest absolute Gasteiger partial charge is 0.0434 e. The minimum absolute atomic E-state index is 0.303. The Hall–Kier alpha value is -0.340. The molecular weight excluding hydrogens is 132 g/mol. The molecule has 2 heteroatoms. The highest BCUT2D eigenvalue weighted by Gasteiger charge is 1.90. The number of aliphatic hydroxyl groups excluding tert-OH is 1. The van der Waals surface area contributed by atoms with Crippen LogP contribution >= 0.6 is 11.3 Å². The zero-order chi connectivity index (χ0) is 6.53. The SMILES string of the molecule is OCCCc1cccs1. The topological polar surface area (TPSA) is 20.2 Å². The van der Waals surface area contributed by atoms with Gasteiger partial charge in [0.15, 0.2) is 0 Å². The minimum atomic E-state index is 0.303. The van der Waals surface area contributed by atoms with Crippen LogP contribution in [-0.2, 0) is 6.42 Å². The Morgan fingerprint density at radius 1 is 1.56 bits per heavy atom. The van der Waals surface area contributed by atoms with Crippen LogP contribution in [-0.4, -0.2) is 11.7 Å². The van der Waals surface area contributed by atoms with Gasteiger partial charge in [0, 0.05) is 11.5 Å². The molecule has 0 unspecified atom stereocenters. The van der Waals surface area contributed by atoms with Crippen LogP contribution in [0.2, 0.25) is 0 Å². The van der Waals surface area contributed by atoms with E-state index in [0.29, 0.717) is 6.61 Å². The Bertz CT molecular complexity index is 146. The molecule has 9 heavy (non-hydrogen) atoms. The van der Waals surface area contributed by atoms with Gasteiger partial charge in [-0.05, 0) is 24.3 Å². The predicted molar refractivity (Wildman–Crippen MR) is 39.7 cm³/mol. The van der Waals surface area contributed by atoms with Crippen LogP contribution in [0.5, 0.6) is 0 Å². The van der Waals surface area contributed by atoms with Crippen LogP contribution in [0, 0.1) is 0 Å². The zero-order valence-electron chi connectivity index (χ0n) is 5.21. The first-order valence-corrected chi connectivity index (χ1v) is 3.94. The van der Waals surface area contributed by atoms with Crippen LogP contribution in [0.1, 0.15) is 11.3 Å². The summed E-state index contributed by atoms with van der Waals surface area (Å²) in [6.45, 7) is 0.303. The van der Waals surface area contributed by atoms with Crippen molar-refractivity contribution in [1.82, 2.24) is 0 Å². The summed E-state index contributed by atoms with van der Waals surface area (Å²) in [5.74, 6) is 0. The van der Waals surface area contributed by atoms with Crippen molar-refractivity contribution in [3.63, 3.8) is 0 Å². The van der Waals surface area contributed by atoms with Gasteiger partial charge in [-0.2, -0.15) is 0 Å². The van der Waals surface area contributed by atoms with Crippen molar-refractivity contribution >= 4 is 11.3 Å². The Morgan fingerprint density at radius 3 is 3.00 bits per heavy atom. The molecule has 1 aromatic rings. The summed E-state index contributed by atoms with van der Waals surface area (Å²) in [5.41, 5.74) is 0. The molecule has 0 saturated carbocycles. The van der Waals surface area contributed by atoms with E-state index >= 15 is 0 Å². The van der Waals surface area contributed by atoms with Gasteiger partial charge in [-0.25, -0.2) is 0 Å². The molecule has 1 aromatic heterocycles. The first kappa shape index (κ1) is 6.78. The van der Waals surface area contributed by atoms with Gasteiger partial charge in [0.05, 0.1) is 0 Å². The van der Waals surface area contributed by atoms with E-state index in [2.05, 4.69) is 11.4 Å². The Labute approximate surface area is 59.0 Å². The van der Waals surface area contributed by atoms with Crippen molar-refractivity contribution in [2.24, 2.45) is 0 Å². The summed E-state index contributed by atoms with van der Waals surface area (Å²) >= 11 is 1.75. The van der Waals surface area contributed by atoms with Crippen LogP contribution < -0.4 is 0 Å². The van der Waals surface area contributed by atoms with Gasteiger partial charge in [0.25, 0.3) is 0 Å². The van der Waals surface area contributed by atoms with E-state index in [0.717, 1.165) is 12.8 Å². The van der Waals surface area contributed by atoms with E-state index in [1.807, 2.05) is 6.07 Å². The van der Waals surface area contributed by atoms with Gasteiger partial charge in [0.1, 0.15) is 0 Å². The van der Waals surface area contributed by atoms with E-state index in [-0.39, 0.29) is 0 Å². The molecule has 0 bridgehead atoms. The van der Waals surface area contributed by atoms with E-state index in [1.54, 1.807) is 11.3 Å². The fraction of sp³-hybridized carbons (Fsp3) is 0.429. The molecular formula is C7H10OS. The molecule has 0 aliphatic rings. The van der Waals surface area contributed by atoms with Crippen molar-refractivity contribution in [2.75, 3.05) is 6.61 Å². The lowest BCUT2D eigenvalue weighted by molar-refractivity contribution is 0.289. The van der Waals surface area contributed by atoms with Gasteiger partial charge < -0.3 is 5.11 Å². The second-order valence-electron chi connectivity index (χ2n) is 1.91. The molecule has 0 saturated heterocycles. The van der Waals surface area contributed by atoms with Gasteiger partial charge in [0.2, 0.25) is 0 Å². The Kier molecular flexibility index (Phi) is 2.74. The molecule has 0 aliphatic heterocycles. The quantitative estimate of drug-likeness (QED) is 0.680. The van der Waals surface area contributed by atoms with E-state index in [4.69, 9.17) is 5.11 Å². The average molecular weight is 142 g/mol. The molecule has 0 amide bonds. The second kappa shape index (κ2) is 3.64. The highest BCUT2D eigenvalue weighted by Crippen LogP contribution is 2.09. The molecule has 0 radical (unpaired) electrons. The third-order valence-electron chi connectivity index (χ3n) is 1.16. The van der Waals surface area contributed by atoms with Crippen LogP contribution in [0.4, 0.5) is 0 Å². The van der Waals surface area contributed by atoms with Crippen LogP contribution in [0.3, 0.4) is 0 Å². The van der Waals surface area contributed by atoms with Crippen molar-refractivity contribution in [2.45, 2.75) is 12.8 Å². The average Bonchev–Trinajstić information content (AvgIpc) is 2.34. The summed E-state index contributed by atoms with van der Waals surface area (Å²) < 4.78 is 0. The maximum atomic E-state index is 8.47. The van der Waals surface area contributed by atoms with Crippen molar-refractivity contribution in [3.05, 3.63) is 22.4 Å². The third-order valence-corrected chi connectivity index (χ3v) is 2.10. The maximum Gasteiger partial charge on any atom is 0.0434 e. The molecule has 0 aliphatic carbocycles. The van der Waals surface area contributed by atoms with Gasteiger partial charge in [-0.1, -0.05) is 6.07 Å². The lowest BCUT2D eigenvalue weighted by Crippen LogP contribution is -1.84. The minimum Gasteiger partial charge on any atom is -0.396 e. The van der Waals surface area contributed by atoms with Crippen molar-refractivity contribution in [1.29, 1.82) is 0 Å². The molecule has 0 spiro atoms. The maximum absolute atomic E-state index is 8.47. The number of hydrogen-bond acceptors (Lipinski definition) is 2. The van der Waals surface area contributed by atoms with Gasteiger partial charge in [-0.15, -0.1) is 11.3 Å². The highest BCUT2D eigenvalue weighted by molar-refractivity contribution is 7.09. The van der Waals surface area contributed by atoms with E-state index in [1.165, 1.54) is 4.88 Å². The number of aliphatic hydroxyl groups is 1. The third kappa shape index (κ3) is 2.16. The van der Waals surface area contributed by atoms with Crippen LogP contribution in [0.25, 0.3) is 0 Å². The molecule has 1 rings (SSSR count). The largest absolute Gasteiger partial charge is 0.396 e. The first-order chi connectivity index (χ1) is 4.43. The number of hydrogen-bond donors (Lipinski definition) is 1. The summed E-state index contributed by atoms with van der Waals surface area (Å²) in [6, 6.07) is 4.14. The molecule has 1 nitrogen and oxygen atoms in total. The Morgan fingerprint density at radius 2 is 2.44 bits per heavy atom. The van der Waals surface area contributed by atoms with E-state index < -0.39 is 0 Å². The summed E-state index contributed by atoms with van der Waals surface area (Å²) in [6.07, 6.45) is 1.91. The van der Waals surface area contributed by atoms with Gasteiger partial charge in [-0.3, -0.25) is 0 Å². The number of aryl methyl sites for hydroxylation is 1. The van der Waals surface area contributed by atoms with Crippen LogP contribution in [0.15, 0.2) is 17.5 Å². The fourth-order valence-electron chi connectivity index (χ4n) is 0.708. The summed E-state index contributed by atoms with van der Waals surface area (Å²) in [7, 11) is 0. The van der Waals surface area contributed by atoms with Crippen molar-refractivity contribution < 1.29 is 5.11 Å². The molecule has 0 aromatic carbocycles. The van der Waals surface area contributed by atoms with Crippen molar-refractivity contribution in [3.8, 4) is 0 Å². The standard InChI is InChI=1S/C7H10OS/c8-5-1-3-7-4-2-6-9-7/h2,4,6,8H,1,3,5H2. The Balaban J connectivity index is 2.30. The van der Waals surface area contributed by atoms with E-state index in [9.17, 15) is 0 Å². The zero-order valence-corrected chi connectivity index (χ0v) is 6.03. The predicted octanol–water partition coefficient (Wildman–Crippen LogP) is 1.67. The normalized spacial score (nSPS) is 9.89. The number of rotatable bonds is 3. The monoisotopic (exact) mass is 142 g/mol. The molecule has 1 N–H and O–H groups in total. The molecule has 50 valence electrons. The lowest BCUT2D eigenvalue weighted by atomic mass is 10.3.